The van der Waals surface area contributed by atoms with E-state index in [4.69, 9.17) is 4.74 Å². The van der Waals surface area contributed by atoms with E-state index in [-0.39, 0.29) is 18.6 Å². The summed E-state index contributed by atoms with van der Waals surface area (Å²) in [5.41, 5.74) is 0. The zero-order valence-electron chi connectivity index (χ0n) is 14.2. The van der Waals surface area contributed by atoms with E-state index >= 15 is 0 Å². The molecule has 1 aliphatic heterocycles. The molecule has 0 spiro atoms. The summed E-state index contributed by atoms with van der Waals surface area (Å²) in [4.78, 5) is 10.3. The highest BCUT2D eigenvalue weighted by Crippen LogP contribution is 2.28. The molecule has 1 fully saturated rings. The van der Waals surface area contributed by atoms with Gasteiger partial charge in [-0.15, -0.1) is 0 Å². The van der Waals surface area contributed by atoms with E-state index in [0.29, 0.717) is 6.42 Å². The van der Waals surface area contributed by atoms with Crippen molar-refractivity contribution in [2.45, 2.75) is 70.5 Å². The van der Waals surface area contributed by atoms with Crippen LogP contribution in [0, 0.1) is 0 Å². The molecule has 0 saturated carbocycles. The highest BCUT2D eigenvalue weighted by atomic mass is 16.6. The average molecular weight is 317 g/mol. The maximum absolute atomic E-state index is 10.3. The van der Waals surface area contributed by atoms with Gasteiger partial charge in [-0.05, 0) is 38.5 Å². The quantitative estimate of drug-likeness (QED) is 0.224. The van der Waals surface area contributed by atoms with Crippen LogP contribution in [-0.2, 0) is 9.53 Å². The third-order valence-electron chi connectivity index (χ3n) is 3.67. The van der Waals surface area contributed by atoms with Gasteiger partial charge in [0.1, 0.15) is 6.10 Å². The van der Waals surface area contributed by atoms with Crippen molar-refractivity contribution in [2.24, 2.45) is 0 Å². The zero-order valence-corrected chi connectivity index (χ0v) is 14.2. The third kappa shape index (κ3) is 11.6. The Morgan fingerprint density at radius 1 is 1.04 bits per heavy atom. The smallest absolute Gasteiger partial charge is 0.103 e. The normalized spacial score (nSPS) is 21.3. The SMILES string of the molecule is CCCCC/C=C\C\C=C/C=C/C=C/[C@@H]1O[C@@H]1CCCC(=O)[O-]. The summed E-state index contributed by atoms with van der Waals surface area (Å²) >= 11 is 0. The topological polar surface area (TPSA) is 52.7 Å². The first-order chi connectivity index (χ1) is 11.2. The predicted molar refractivity (Wildman–Crippen MR) is 92.8 cm³/mol. The Morgan fingerprint density at radius 2 is 1.87 bits per heavy atom. The molecule has 0 aromatic rings. The molecular formula is C20H29O3-. The Hall–Kier alpha value is -1.61. The Kier molecular flexibility index (Phi) is 10.9. The minimum atomic E-state index is -0.983. The molecule has 3 heteroatoms. The summed E-state index contributed by atoms with van der Waals surface area (Å²) in [5.74, 6) is -0.983. The Morgan fingerprint density at radius 3 is 2.65 bits per heavy atom. The van der Waals surface area contributed by atoms with Gasteiger partial charge in [-0.3, -0.25) is 0 Å². The summed E-state index contributed by atoms with van der Waals surface area (Å²) in [6, 6.07) is 0. The molecule has 3 nitrogen and oxygen atoms in total. The van der Waals surface area contributed by atoms with Gasteiger partial charge in [0.05, 0.1) is 6.10 Å². The summed E-state index contributed by atoms with van der Waals surface area (Å²) in [6.45, 7) is 2.22. The molecule has 0 amide bonds. The lowest BCUT2D eigenvalue weighted by molar-refractivity contribution is -0.305. The first-order valence-electron chi connectivity index (χ1n) is 8.74. The molecule has 1 aliphatic rings. The van der Waals surface area contributed by atoms with Crippen LogP contribution in [0.2, 0.25) is 0 Å². The van der Waals surface area contributed by atoms with Gasteiger partial charge >= 0.3 is 0 Å². The van der Waals surface area contributed by atoms with E-state index in [1.807, 2.05) is 30.4 Å². The average Bonchev–Trinajstić information content (AvgIpc) is 3.26. The number of carboxylic acids is 1. The number of rotatable bonds is 13. The highest BCUT2D eigenvalue weighted by molar-refractivity contribution is 5.64. The fraction of sp³-hybridized carbons (Fsp3) is 0.550. The molecule has 0 radical (unpaired) electrons. The lowest BCUT2D eigenvalue weighted by Crippen LogP contribution is -2.21. The van der Waals surface area contributed by atoms with Gasteiger partial charge in [0, 0.05) is 5.97 Å². The molecule has 0 unspecified atom stereocenters. The monoisotopic (exact) mass is 317 g/mol. The zero-order chi connectivity index (χ0) is 16.8. The Bertz CT molecular complexity index is 432. The first kappa shape index (κ1) is 19.4. The lowest BCUT2D eigenvalue weighted by Gasteiger charge is -1.98. The molecule has 0 aliphatic carbocycles. The van der Waals surface area contributed by atoms with Gasteiger partial charge < -0.3 is 14.6 Å². The maximum atomic E-state index is 10.3. The van der Waals surface area contributed by atoms with Gasteiger partial charge in [0.15, 0.2) is 0 Å². The largest absolute Gasteiger partial charge is 0.550 e. The highest BCUT2D eigenvalue weighted by Gasteiger charge is 2.35. The third-order valence-corrected chi connectivity index (χ3v) is 3.67. The summed E-state index contributed by atoms with van der Waals surface area (Å²) in [7, 11) is 0. The van der Waals surface area contributed by atoms with Gasteiger partial charge in [-0.2, -0.15) is 0 Å². The fourth-order valence-corrected chi connectivity index (χ4v) is 2.27. The number of hydrogen-bond donors (Lipinski definition) is 0. The van der Waals surface area contributed by atoms with Crippen molar-refractivity contribution in [2.75, 3.05) is 0 Å². The van der Waals surface area contributed by atoms with Crippen LogP contribution in [-0.4, -0.2) is 18.2 Å². The molecule has 128 valence electrons. The second-order valence-corrected chi connectivity index (χ2v) is 5.80. The van der Waals surface area contributed by atoms with Crippen LogP contribution < -0.4 is 5.11 Å². The van der Waals surface area contributed by atoms with Gasteiger partial charge in [0.25, 0.3) is 0 Å². The molecular weight excluding hydrogens is 288 g/mol. The van der Waals surface area contributed by atoms with E-state index in [0.717, 1.165) is 12.8 Å². The molecule has 2 atom stereocenters. The molecule has 0 aromatic heterocycles. The van der Waals surface area contributed by atoms with Crippen LogP contribution in [0.3, 0.4) is 0 Å². The van der Waals surface area contributed by atoms with Crippen LogP contribution in [0.1, 0.15) is 58.3 Å². The number of ether oxygens (including phenoxy) is 1. The number of hydrogen-bond acceptors (Lipinski definition) is 3. The molecule has 23 heavy (non-hydrogen) atoms. The standard InChI is InChI=1S/C20H30O3/c1-2-3-4-5-6-7-8-9-10-11-12-13-15-18-19(23-18)16-14-17-20(21)22/h6-7,9-13,15,18-19H,2-5,8,14,16-17H2,1H3,(H,21,22)/p-1/b7-6-,10-9-,12-11+,15-13+/t18-,19+/m0/s1. The number of carbonyl (C=O) groups excluding carboxylic acids is 1. The van der Waals surface area contributed by atoms with Crippen LogP contribution >= 0.6 is 0 Å². The van der Waals surface area contributed by atoms with Gasteiger partial charge in [-0.1, -0.05) is 68.4 Å². The van der Waals surface area contributed by atoms with Crippen LogP contribution in [0.4, 0.5) is 0 Å². The number of allylic oxidation sites excluding steroid dienone is 7. The summed E-state index contributed by atoms with van der Waals surface area (Å²) in [6.07, 6.45) is 24.6. The van der Waals surface area contributed by atoms with Crippen LogP contribution in [0.15, 0.2) is 48.6 Å². The van der Waals surface area contributed by atoms with Gasteiger partial charge in [-0.25, -0.2) is 0 Å². The van der Waals surface area contributed by atoms with E-state index in [1.54, 1.807) is 0 Å². The molecule has 1 heterocycles. The number of unbranched alkanes of at least 4 members (excludes halogenated alkanes) is 3. The minimum Gasteiger partial charge on any atom is -0.550 e. The maximum Gasteiger partial charge on any atom is 0.103 e. The second kappa shape index (κ2) is 12.9. The van der Waals surface area contributed by atoms with Crippen LogP contribution in [0.5, 0.6) is 0 Å². The number of carboxylic acid groups (broad SMARTS) is 1. The molecule has 1 saturated heterocycles. The predicted octanol–water partition coefficient (Wildman–Crippen LogP) is 3.87. The Balaban J connectivity index is 1.99. The molecule has 1 rings (SSSR count). The summed E-state index contributed by atoms with van der Waals surface area (Å²) < 4.78 is 5.44. The number of carbonyl (C=O) groups is 1. The van der Waals surface area contributed by atoms with E-state index in [1.165, 1.54) is 25.7 Å². The van der Waals surface area contributed by atoms with Gasteiger partial charge in [0.2, 0.25) is 0 Å². The molecule has 0 N–H and O–H groups in total. The molecule has 0 aromatic carbocycles. The van der Waals surface area contributed by atoms with E-state index in [2.05, 4.69) is 25.2 Å². The second-order valence-electron chi connectivity index (χ2n) is 5.80. The summed E-state index contributed by atoms with van der Waals surface area (Å²) in [5, 5.41) is 10.3. The minimum absolute atomic E-state index is 0.119. The molecule has 0 bridgehead atoms. The van der Waals surface area contributed by atoms with Crippen molar-refractivity contribution >= 4 is 5.97 Å². The van der Waals surface area contributed by atoms with Crippen molar-refractivity contribution in [3.63, 3.8) is 0 Å². The van der Waals surface area contributed by atoms with Crippen molar-refractivity contribution in [3.8, 4) is 0 Å². The number of epoxide rings is 1. The van der Waals surface area contributed by atoms with Crippen molar-refractivity contribution in [3.05, 3.63) is 48.6 Å². The lowest BCUT2D eigenvalue weighted by atomic mass is 10.1. The van der Waals surface area contributed by atoms with Crippen molar-refractivity contribution < 1.29 is 14.6 Å². The Labute approximate surface area is 140 Å². The number of aliphatic carboxylic acids is 1. The fourth-order valence-electron chi connectivity index (χ4n) is 2.27. The van der Waals surface area contributed by atoms with Crippen molar-refractivity contribution in [1.29, 1.82) is 0 Å². The van der Waals surface area contributed by atoms with E-state index in [9.17, 15) is 9.90 Å². The van der Waals surface area contributed by atoms with Crippen LogP contribution in [0.25, 0.3) is 0 Å². The van der Waals surface area contributed by atoms with Crippen molar-refractivity contribution in [1.82, 2.24) is 0 Å². The van der Waals surface area contributed by atoms with E-state index < -0.39 is 5.97 Å². The first-order valence-corrected chi connectivity index (χ1v) is 8.74.